The Morgan fingerprint density at radius 1 is 1.22 bits per heavy atom. The van der Waals surface area contributed by atoms with Gasteiger partial charge in [0.15, 0.2) is 6.61 Å². The Hall–Kier alpha value is -2.91. The molecule has 5 nitrogen and oxygen atoms in total. The van der Waals surface area contributed by atoms with Crippen molar-refractivity contribution < 1.29 is 18.7 Å². The van der Waals surface area contributed by atoms with E-state index in [2.05, 4.69) is 5.32 Å². The van der Waals surface area contributed by atoms with Crippen molar-refractivity contribution in [3.8, 4) is 6.07 Å². The van der Waals surface area contributed by atoms with Gasteiger partial charge in [-0.15, -0.1) is 0 Å². The number of nitrogens with one attached hydrogen (secondary N) is 1. The Labute approximate surface area is 136 Å². The molecule has 1 N–H and O–H groups in total. The average Bonchev–Trinajstić information content (AvgIpc) is 2.53. The Balaban J connectivity index is 1.90. The third kappa shape index (κ3) is 4.53. The number of hydrogen-bond acceptors (Lipinski definition) is 4. The minimum Gasteiger partial charge on any atom is -0.452 e. The van der Waals surface area contributed by atoms with E-state index in [1.165, 1.54) is 6.07 Å². The number of anilines is 1. The number of rotatable bonds is 4. The minimum absolute atomic E-state index is 0.0285. The quantitative estimate of drug-likeness (QED) is 0.872. The normalized spacial score (nSPS) is 9.78. The Morgan fingerprint density at radius 2 is 1.91 bits per heavy atom. The Kier molecular flexibility index (Phi) is 5.28. The van der Waals surface area contributed by atoms with Gasteiger partial charge in [0.05, 0.1) is 22.2 Å². The van der Waals surface area contributed by atoms with Gasteiger partial charge in [-0.2, -0.15) is 5.26 Å². The van der Waals surface area contributed by atoms with Crippen molar-refractivity contribution in [2.75, 3.05) is 11.9 Å². The molecule has 0 radical (unpaired) electrons. The molecule has 0 aliphatic heterocycles. The van der Waals surface area contributed by atoms with E-state index in [0.717, 1.165) is 12.1 Å². The molecule has 0 fully saturated rings. The van der Waals surface area contributed by atoms with Gasteiger partial charge < -0.3 is 10.1 Å². The molecule has 0 aromatic heterocycles. The number of benzene rings is 2. The number of carbonyl (C=O) groups excluding carboxylic acids is 2. The molecule has 2 aromatic carbocycles. The van der Waals surface area contributed by atoms with Gasteiger partial charge in [0, 0.05) is 5.69 Å². The molecule has 0 unspecified atom stereocenters. The van der Waals surface area contributed by atoms with Gasteiger partial charge in [-0.3, -0.25) is 4.79 Å². The van der Waals surface area contributed by atoms with E-state index in [1.54, 1.807) is 24.3 Å². The third-order valence-corrected chi connectivity index (χ3v) is 3.10. The van der Waals surface area contributed by atoms with Crippen molar-refractivity contribution in [1.29, 1.82) is 5.26 Å². The monoisotopic (exact) mass is 332 g/mol. The smallest absolute Gasteiger partial charge is 0.340 e. The lowest BCUT2D eigenvalue weighted by molar-refractivity contribution is -0.119. The molecule has 2 aromatic rings. The van der Waals surface area contributed by atoms with E-state index in [4.69, 9.17) is 21.6 Å². The van der Waals surface area contributed by atoms with Crippen molar-refractivity contribution in [3.05, 3.63) is 64.4 Å². The summed E-state index contributed by atoms with van der Waals surface area (Å²) in [5, 5.41) is 11.1. The molecule has 7 heteroatoms. The van der Waals surface area contributed by atoms with E-state index in [0.29, 0.717) is 11.3 Å². The van der Waals surface area contributed by atoms with Crippen molar-refractivity contribution in [2.24, 2.45) is 0 Å². The summed E-state index contributed by atoms with van der Waals surface area (Å²) < 4.78 is 17.7. The molecule has 2 rings (SSSR count). The molecule has 0 bridgehead atoms. The van der Waals surface area contributed by atoms with Crippen LogP contribution in [0, 0.1) is 17.1 Å². The number of nitrogens with zero attached hydrogens (tertiary/aromatic N) is 1. The second-order valence-corrected chi connectivity index (χ2v) is 4.84. The highest BCUT2D eigenvalue weighted by atomic mass is 35.5. The Morgan fingerprint density at radius 3 is 2.52 bits per heavy atom. The number of amides is 1. The topological polar surface area (TPSA) is 79.2 Å². The largest absolute Gasteiger partial charge is 0.452 e. The molecule has 116 valence electrons. The van der Waals surface area contributed by atoms with Gasteiger partial charge in [0.25, 0.3) is 5.91 Å². The fourth-order valence-electron chi connectivity index (χ4n) is 1.69. The molecule has 0 aliphatic carbocycles. The second kappa shape index (κ2) is 7.38. The summed E-state index contributed by atoms with van der Waals surface area (Å²) in [7, 11) is 0. The number of ether oxygens (including phenoxy) is 1. The van der Waals surface area contributed by atoms with Gasteiger partial charge in [0.1, 0.15) is 5.82 Å². The fourth-order valence-corrected chi connectivity index (χ4v) is 1.93. The van der Waals surface area contributed by atoms with Crippen molar-refractivity contribution >= 4 is 29.2 Å². The standard InChI is InChI=1S/C16H10ClFN2O3/c17-14-7-11(18)3-6-13(14)16(22)23-9-15(21)20-12-4-1-10(8-19)2-5-12/h1-7H,9H2,(H,20,21). The lowest BCUT2D eigenvalue weighted by Crippen LogP contribution is -2.21. The van der Waals surface area contributed by atoms with Crippen LogP contribution in [0.3, 0.4) is 0 Å². The third-order valence-electron chi connectivity index (χ3n) is 2.78. The van der Waals surface area contributed by atoms with Crippen LogP contribution < -0.4 is 5.32 Å². The summed E-state index contributed by atoms with van der Waals surface area (Å²) in [5.41, 5.74) is 0.893. The first-order valence-electron chi connectivity index (χ1n) is 6.42. The molecule has 0 heterocycles. The van der Waals surface area contributed by atoms with Crippen LogP contribution >= 0.6 is 11.6 Å². The molecular weight excluding hydrogens is 323 g/mol. The van der Waals surface area contributed by atoms with Crippen molar-refractivity contribution in [2.45, 2.75) is 0 Å². The second-order valence-electron chi connectivity index (χ2n) is 4.44. The van der Waals surface area contributed by atoms with Crippen LogP contribution in [0.5, 0.6) is 0 Å². The van der Waals surface area contributed by atoms with Crippen LogP contribution in [0.25, 0.3) is 0 Å². The highest BCUT2D eigenvalue weighted by Gasteiger charge is 2.14. The average molecular weight is 333 g/mol. The predicted octanol–water partition coefficient (Wildman–Crippen LogP) is 3.15. The molecule has 23 heavy (non-hydrogen) atoms. The lowest BCUT2D eigenvalue weighted by atomic mass is 10.2. The summed E-state index contributed by atoms with van der Waals surface area (Å²) in [6.07, 6.45) is 0. The first-order valence-corrected chi connectivity index (χ1v) is 6.79. The molecule has 0 aliphatic rings. The minimum atomic E-state index is -0.829. The van der Waals surface area contributed by atoms with E-state index >= 15 is 0 Å². The van der Waals surface area contributed by atoms with Gasteiger partial charge in [-0.1, -0.05) is 11.6 Å². The van der Waals surface area contributed by atoms with Crippen LogP contribution in [0.2, 0.25) is 5.02 Å². The number of hydrogen-bond donors (Lipinski definition) is 1. The van der Waals surface area contributed by atoms with Gasteiger partial charge in [-0.25, -0.2) is 9.18 Å². The molecule has 1 amide bonds. The zero-order valence-corrected chi connectivity index (χ0v) is 12.4. The first kappa shape index (κ1) is 16.5. The molecule has 0 saturated carbocycles. The summed E-state index contributed by atoms with van der Waals surface area (Å²) in [6.45, 7) is -0.521. The number of carbonyl (C=O) groups is 2. The molecule has 0 saturated heterocycles. The van der Waals surface area contributed by atoms with Crippen LogP contribution in [0.1, 0.15) is 15.9 Å². The van der Waals surface area contributed by atoms with Crippen LogP contribution in [0.4, 0.5) is 10.1 Å². The molecular formula is C16H10ClFN2O3. The van der Waals surface area contributed by atoms with Gasteiger partial charge in [0.2, 0.25) is 0 Å². The lowest BCUT2D eigenvalue weighted by Gasteiger charge is -2.07. The van der Waals surface area contributed by atoms with E-state index < -0.39 is 24.3 Å². The maximum atomic E-state index is 12.9. The van der Waals surface area contributed by atoms with Crippen molar-refractivity contribution in [1.82, 2.24) is 0 Å². The zero-order chi connectivity index (χ0) is 16.8. The highest BCUT2D eigenvalue weighted by molar-refractivity contribution is 6.33. The maximum absolute atomic E-state index is 12.9. The van der Waals surface area contributed by atoms with E-state index in [9.17, 15) is 14.0 Å². The fraction of sp³-hybridized carbons (Fsp3) is 0.0625. The zero-order valence-electron chi connectivity index (χ0n) is 11.7. The first-order chi connectivity index (χ1) is 11.0. The van der Waals surface area contributed by atoms with Crippen LogP contribution in [0.15, 0.2) is 42.5 Å². The van der Waals surface area contributed by atoms with Gasteiger partial charge >= 0.3 is 5.97 Å². The molecule has 0 spiro atoms. The highest BCUT2D eigenvalue weighted by Crippen LogP contribution is 2.18. The summed E-state index contributed by atoms with van der Waals surface area (Å²) >= 11 is 5.73. The van der Waals surface area contributed by atoms with E-state index in [-0.39, 0.29) is 10.6 Å². The number of nitriles is 1. The summed E-state index contributed by atoms with van der Waals surface area (Å²) in [5.74, 6) is -1.96. The van der Waals surface area contributed by atoms with Crippen LogP contribution in [-0.4, -0.2) is 18.5 Å². The predicted molar refractivity (Wildman–Crippen MR) is 81.5 cm³/mol. The summed E-state index contributed by atoms with van der Waals surface area (Å²) in [4.78, 5) is 23.5. The molecule has 0 atom stereocenters. The SMILES string of the molecule is N#Cc1ccc(NC(=O)COC(=O)c2ccc(F)cc2Cl)cc1. The van der Waals surface area contributed by atoms with Gasteiger partial charge in [-0.05, 0) is 42.5 Å². The van der Waals surface area contributed by atoms with Crippen LogP contribution in [-0.2, 0) is 9.53 Å². The maximum Gasteiger partial charge on any atom is 0.340 e. The number of esters is 1. The number of halogens is 2. The van der Waals surface area contributed by atoms with E-state index in [1.807, 2.05) is 6.07 Å². The van der Waals surface area contributed by atoms with Crippen molar-refractivity contribution in [3.63, 3.8) is 0 Å². The summed E-state index contributed by atoms with van der Waals surface area (Å²) in [6, 6.07) is 11.4. The Bertz CT molecular complexity index is 785.